The van der Waals surface area contributed by atoms with E-state index in [9.17, 15) is 0 Å². The van der Waals surface area contributed by atoms with Crippen LogP contribution in [0, 0.1) is 6.92 Å². The van der Waals surface area contributed by atoms with Gasteiger partial charge in [-0.3, -0.25) is 0 Å². The van der Waals surface area contributed by atoms with E-state index in [0.29, 0.717) is 11.8 Å². The largest absolute Gasteiger partial charge is 0.371 e. The van der Waals surface area contributed by atoms with Gasteiger partial charge in [0.25, 0.3) is 0 Å². The summed E-state index contributed by atoms with van der Waals surface area (Å²) in [6.07, 6.45) is 10.9. The summed E-state index contributed by atoms with van der Waals surface area (Å²) in [7, 11) is 2.23. The van der Waals surface area contributed by atoms with Crippen molar-refractivity contribution in [3.05, 3.63) is 94.7 Å². The Labute approximate surface area is 260 Å². The predicted molar refractivity (Wildman–Crippen MR) is 189 cm³/mol. The normalized spacial score (nSPS) is 15.8. The smallest absolute Gasteiger partial charge is 0.0409 e. The SMILES string of the molecule is C=C(c1ccc(C2CCC2)c(C(=C)N(C)/C(CCC)=C(\C)CCC)c1)N1CCC(c2ccc(C)cc2)CC1.CC.CC. The van der Waals surface area contributed by atoms with Gasteiger partial charge in [-0.1, -0.05) is 121 Å². The second-order valence-electron chi connectivity index (χ2n) is 11.8. The molecule has 0 spiro atoms. The molecule has 1 aliphatic heterocycles. The average molecular weight is 571 g/mol. The minimum Gasteiger partial charge on any atom is -0.371 e. The van der Waals surface area contributed by atoms with Crippen LogP contribution in [0.5, 0.6) is 0 Å². The van der Waals surface area contributed by atoms with Crippen LogP contribution >= 0.6 is 0 Å². The first-order chi connectivity index (χ1) is 20.3. The van der Waals surface area contributed by atoms with E-state index in [-0.39, 0.29) is 0 Å². The van der Waals surface area contributed by atoms with Crippen LogP contribution in [-0.4, -0.2) is 29.9 Å². The monoisotopic (exact) mass is 570 g/mol. The van der Waals surface area contributed by atoms with Crippen molar-refractivity contribution in [3.63, 3.8) is 0 Å². The van der Waals surface area contributed by atoms with Crippen molar-refractivity contribution in [2.24, 2.45) is 0 Å². The second-order valence-corrected chi connectivity index (χ2v) is 11.8. The number of aryl methyl sites for hydroxylation is 1. The minimum atomic E-state index is 0.653. The number of piperidine rings is 1. The molecular weight excluding hydrogens is 508 g/mol. The van der Waals surface area contributed by atoms with Gasteiger partial charge in [0.1, 0.15) is 0 Å². The molecule has 0 radical (unpaired) electrons. The summed E-state index contributed by atoms with van der Waals surface area (Å²) in [5.41, 5.74) is 12.1. The molecule has 2 fully saturated rings. The minimum absolute atomic E-state index is 0.653. The molecule has 0 unspecified atom stereocenters. The van der Waals surface area contributed by atoms with E-state index >= 15 is 0 Å². The Bertz CT molecular complexity index is 1140. The van der Waals surface area contributed by atoms with Crippen LogP contribution in [0.2, 0.25) is 0 Å². The maximum atomic E-state index is 4.68. The molecule has 232 valence electrons. The molecule has 0 N–H and O–H groups in total. The van der Waals surface area contributed by atoms with Crippen molar-refractivity contribution in [2.45, 2.75) is 125 Å². The lowest BCUT2D eigenvalue weighted by Crippen LogP contribution is -2.31. The van der Waals surface area contributed by atoms with E-state index in [1.165, 1.54) is 77.6 Å². The molecule has 1 aliphatic carbocycles. The Morgan fingerprint density at radius 3 is 1.95 bits per heavy atom. The van der Waals surface area contributed by atoms with Crippen LogP contribution < -0.4 is 0 Å². The van der Waals surface area contributed by atoms with Gasteiger partial charge in [-0.15, -0.1) is 0 Å². The first-order valence-electron chi connectivity index (χ1n) is 17.1. The van der Waals surface area contributed by atoms with Crippen LogP contribution in [-0.2, 0) is 0 Å². The molecule has 0 aromatic heterocycles. The van der Waals surface area contributed by atoms with Gasteiger partial charge >= 0.3 is 0 Å². The lowest BCUT2D eigenvalue weighted by Gasteiger charge is -2.36. The number of allylic oxidation sites excluding steroid dienone is 2. The van der Waals surface area contributed by atoms with Crippen molar-refractivity contribution in [1.82, 2.24) is 9.80 Å². The zero-order chi connectivity index (χ0) is 31.2. The van der Waals surface area contributed by atoms with Crippen LogP contribution in [0.25, 0.3) is 11.4 Å². The van der Waals surface area contributed by atoms with Crippen LogP contribution in [0.4, 0.5) is 0 Å². The fraction of sp³-hybridized carbons (Fsp3) is 0.550. The molecule has 4 rings (SSSR count). The van der Waals surface area contributed by atoms with Gasteiger partial charge in [-0.05, 0) is 87.0 Å². The first kappa shape index (κ1) is 35.5. The van der Waals surface area contributed by atoms with Gasteiger partial charge in [0.05, 0.1) is 0 Å². The summed E-state index contributed by atoms with van der Waals surface area (Å²) in [6, 6.07) is 16.3. The zero-order valence-corrected chi connectivity index (χ0v) is 28.8. The third kappa shape index (κ3) is 8.88. The topological polar surface area (TPSA) is 6.48 Å². The van der Waals surface area contributed by atoms with Gasteiger partial charge in [0.2, 0.25) is 0 Å². The molecule has 1 saturated heterocycles. The van der Waals surface area contributed by atoms with E-state index in [0.717, 1.165) is 43.7 Å². The first-order valence-corrected chi connectivity index (χ1v) is 17.1. The fourth-order valence-corrected chi connectivity index (χ4v) is 6.33. The van der Waals surface area contributed by atoms with E-state index in [2.05, 4.69) is 100 Å². The van der Waals surface area contributed by atoms with Crippen molar-refractivity contribution in [2.75, 3.05) is 20.1 Å². The van der Waals surface area contributed by atoms with Gasteiger partial charge in [-0.25, -0.2) is 0 Å². The van der Waals surface area contributed by atoms with Crippen molar-refractivity contribution < 1.29 is 0 Å². The molecule has 1 heterocycles. The van der Waals surface area contributed by atoms with E-state index in [4.69, 9.17) is 0 Å². The molecule has 2 aromatic carbocycles. The molecule has 2 aliphatic rings. The highest BCUT2D eigenvalue weighted by molar-refractivity contribution is 5.73. The Morgan fingerprint density at radius 1 is 0.833 bits per heavy atom. The van der Waals surface area contributed by atoms with Crippen molar-refractivity contribution >= 4 is 11.4 Å². The number of rotatable bonds is 11. The van der Waals surface area contributed by atoms with Gasteiger partial charge in [0.15, 0.2) is 0 Å². The Balaban J connectivity index is 0.00000148. The highest BCUT2D eigenvalue weighted by atomic mass is 15.1. The number of nitrogens with zero attached hydrogens (tertiary/aromatic N) is 2. The molecule has 2 nitrogen and oxygen atoms in total. The van der Waals surface area contributed by atoms with Crippen LogP contribution in [0.1, 0.15) is 146 Å². The summed E-state index contributed by atoms with van der Waals surface area (Å²) in [5.74, 6) is 1.32. The summed E-state index contributed by atoms with van der Waals surface area (Å²) in [6.45, 7) is 28.4. The molecule has 0 atom stereocenters. The van der Waals surface area contributed by atoms with Crippen LogP contribution in [0.15, 0.2) is 66.9 Å². The van der Waals surface area contributed by atoms with E-state index in [1.807, 2.05) is 27.7 Å². The molecule has 1 saturated carbocycles. The summed E-state index contributed by atoms with van der Waals surface area (Å²) in [4.78, 5) is 4.90. The fourth-order valence-electron chi connectivity index (χ4n) is 6.33. The van der Waals surface area contributed by atoms with E-state index in [1.54, 1.807) is 0 Å². The lowest BCUT2D eigenvalue weighted by molar-refractivity contribution is 0.299. The molecular formula is C40H62N2. The highest BCUT2D eigenvalue weighted by Crippen LogP contribution is 2.42. The van der Waals surface area contributed by atoms with Gasteiger partial charge < -0.3 is 9.80 Å². The quantitative estimate of drug-likeness (QED) is 0.265. The second kappa shape index (κ2) is 18.0. The number of benzene rings is 2. The Hall–Kier alpha value is -2.74. The average Bonchev–Trinajstić information content (AvgIpc) is 3.01. The van der Waals surface area contributed by atoms with Crippen molar-refractivity contribution in [1.29, 1.82) is 0 Å². The van der Waals surface area contributed by atoms with Gasteiger partial charge in [0, 0.05) is 42.8 Å². The predicted octanol–water partition coefficient (Wildman–Crippen LogP) is 11.9. The highest BCUT2D eigenvalue weighted by Gasteiger charge is 2.27. The van der Waals surface area contributed by atoms with Crippen LogP contribution in [0.3, 0.4) is 0 Å². The molecule has 42 heavy (non-hydrogen) atoms. The Kier molecular flexibility index (Phi) is 15.2. The lowest BCUT2D eigenvalue weighted by atomic mass is 9.77. The molecule has 2 aromatic rings. The summed E-state index contributed by atoms with van der Waals surface area (Å²) in [5, 5.41) is 0. The Morgan fingerprint density at radius 2 is 1.43 bits per heavy atom. The number of hydrogen-bond acceptors (Lipinski definition) is 2. The van der Waals surface area contributed by atoms with Crippen molar-refractivity contribution in [3.8, 4) is 0 Å². The molecule has 0 bridgehead atoms. The zero-order valence-electron chi connectivity index (χ0n) is 28.8. The summed E-state index contributed by atoms with van der Waals surface area (Å²) >= 11 is 0. The maximum Gasteiger partial charge on any atom is 0.0409 e. The maximum absolute atomic E-state index is 4.68. The third-order valence-corrected chi connectivity index (χ3v) is 9.08. The standard InChI is InChI=1S/C36H50N2.2C2H6/c1-8-11-27(4)36(12-9-2)37(7)29(6)35-25-33(19-20-34(35)32-13-10-14-32)28(5)38-23-21-31(22-24-38)30-17-15-26(3)16-18-30;2*1-2/h15-20,25,31-32H,5-6,8-14,21-24H2,1-4,7H3;2*1-2H3/b36-27+;;. The van der Waals surface area contributed by atoms with E-state index < -0.39 is 0 Å². The number of likely N-dealkylation sites (tertiary alicyclic amines) is 1. The number of hydrogen-bond donors (Lipinski definition) is 0. The summed E-state index contributed by atoms with van der Waals surface area (Å²) < 4.78 is 0. The molecule has 0 amide bonds. The molecule has 2 heteroatoms. The van der Waals surface area contributed by atoms with Gasteiger partial charge in [-0.2, -0.15) is 0 Å². The third-order valence-electron chi connectivity index (χ3n) is 9.08.